The fourth-order valence-electron chi connectivity index (χ4n) is 4.30. The van der Waals surface area contributed by atoms with Gasteiger partial charge in [-0.2, -0.15) is 0 Å². The van der Waals surface area contributed by atoms with Crippen LogP contribution in [0.25, 0.3) is 0 Å². The molecule has 1 amide bonds. The Morgan fingerprint density at radius 2 is 1.91 bits per heavy atom. The highest BCUT2D eigenvalue weighted by Crippen LogP contribution is 2.38. The molecule has 0 N–H and O–H groups in total. The minimum atomic E-state index is 0.231. The van der Waals surface area contributed by atoms with E-state index in [0.717, 1.165) is 54.2 Å². The highest BCUT2D eigenvalue weighted by molar-refractivity contribution is 7.99. The van der Waals surface area contributed by atoms with Gasteiger partial charge in [0.15, 0.2) is 0 Å². The van der Waals surface area contributed by atoms with E-state index >= 15 is 0 Å². The molecule has 3 aliphatic rings. The minimum absolute atomic E-state index is 0.231. The molecule has 3 nitrogen and oxygen atoms in total. The van der Waals surface area contributed by atoms with Crippen molar-refractivity contribution in [3.8, 4) is 0 Å². The van der Waals surface area contributed by atoms with E-state index in [4.69, 9.17) is 4.74 Å². The topological polar surface area (TPSA) is 29.5 Å². The Kier molecular flexibility index (Phi) is 4.63. The van der Waals surface area contributed by atoms with Gasteiger partial charge in [0, 0.05) is 30.3 Å². The van der Waals surface area contributed by atoms with E-state index in [-0.39, 0.29) is 5.91 Å². The summed E-state index contributed by atoms with van der Waals surface area (Å²) in [7, 11) is 0. The van der Waals surface area contributed by atoms with Gasteiger partial charge in [-0.1, -0.05) is 18.6 Å². The van der Waals surface area contributed by atoms with Gasteiger partial charge in [0.2, 0.25) is 0 Å². The molecule has 2 saturated heterocycles. The van der Waals surface area contributed by atoms with Crippen LogP contribution in [-0.2, 0) is 4.74 Å². The molecule has 3 fully saturated rings. The molecule has 2 aliphatic heterocycles. The molecule has 23 heavy (non-hydrogen) atoms. The highest BCUT2D eigenvalue weighted by atomic mass is 32.2. The third-order valence-corrected chi connectivity index (χ3v) is 6.79. The molecular weight excluding hydrogens is 306 g/mol. The number of thioether (sulfide) groups is 1. The number of benzene rings is 1. The molecular formula is C19H25NO2S. The number of hydrogen-bond acceptors (Lipinski definition) is 3. The third-order valence-electron chi connectivity index (χ3n) is 5.58. The van der Waals surface area contributed by atoms with Crippen LogP contribution in [0.1, 0.15) is 42.5 Å². The van der Waals surface area contributed by atoms with E-state index in [9.17, 15) is 4.79 Å². The summed E-state index contributed by atoms with van der Waals surface area (Å²) in [5.74, 6) is 2.70. The maximum Gasteiger partial charge on any atom is 0.255 e. The molecule has 4 heteroatoms. The largest absolute Gasteiger partial charge is 0.377 e. The molecule has 1 saturated carbocycles. The van der Waals surface area contributed by atoms with Crippen LogP contribution in [0, 0.1) is 11.8 Å². The van der Waals surface area contributed by atoms with E-state index in [1.165, 1.54) is 25.7 Å². The molecule has 1 aromatic carbocycles. The molecule has 1 aromatic rings. The monoisotopic (exact) mass is 331 g/mol. The van der Waals surface area contributed by atoms with Crippen molar-refractivity contribution in [1.82, 2.24) is 4.90 Å². The Bertz CT molecular complexity index is 558. The molecule has 3 atom stereocenters. The lowest BCUT2D eigenvalue weighted by Crippen LogP contribution is -2.30. The van der Waals surface area contributed by atoms with Crippen molar-refractivity contribution in [3.05, 3.63) is 29.8 Å². The van der Waals surface area contributed by atoms with E-state index in [1.54, 1.807) is 11.8 Å². The van der Waals surface area contributed by atoms with E-state index in [2.05, 4.69) is 11.0 Å². The van der Waals surface area contributed by atoms with Crippen molar-refractivity contribution in [3.63, 3.8) is 0 Å². The van der Waals surface area contributed by atoms with Crippen molar-refractivity contribution < 1.29 is 9.53 Å². The van der Waals surface area contributed by atoms with Crippen LogP contribution in [0.4, 0.5) is 0 Å². The van der Waals surface area contributed by atoms with Crippen LogP contribution in [0.15, 0.2) is 29.2 Å². The second-order valence-corrected chi connectivity index (χ2v) is 8.17. The maximum atomic E-state index is 13.0. The number of carbonyl (C=O) groups is 1. The van der Waals surface area contributed by atoms with Crippen molar-refractivity contribution in [2.75, 3.05) is 25.4 Å². The smallest absolute Gasteiger partial charge is 0.255 e. The summed E-state index contributed by atoms with van der Waals surface area (Å²) < 4.78 is 5.71. The summed E-state index contributed by atoms with van der Waals surface area (Å²) in [5.41, 5.74) is 0.885. The minimum Gasteiger partial charge on any atom is -0.377 e. The van der Waals surface area contributed by atoms with Crippen LogP contribution >= 0.6 is 11.8 Å². The quantitative estimate of drug-likeness (QED) is 0.785. The number of ether oxygens (including phenoxy) is 1. The number of amides is 1. The normalized spacial score (nSPS) is 29.9. The Morgan fingerprint density at radius 3 is 2.65 bits per heavy atom. The fourth-order valence-corrected chi connectivity index (χ4v) is 5.41. The third kappa shape index (κ3) is 3.29. The Hall–Kier alpha value is -1.00. The average molecular weight is 331 g/mol. The summed E-state index contributed by atoms with van der Waals surface area (Å²) in [5, 5.41) is 0. The lowest BCUT2D eigenvalue weighted by Gasteiger charge is -2.19. The predicted octanol–water partition coefficient (Wildman–Crippen LogP) is 3.83. The number of likely N-dealkylation sites (tertiary alicyclic amines) is 1. The number of carbonyl (C=O) groups excluding carboxylic acids is 1. The van der Waals surface area contributed by atoms with E-state index < -0.39 is 0 Å². The summed E-state index contributed by atoms with van der Waals surface area (Å²) in [6.45, 7) is 2.82. The highest BCUT2D eigenvalue weighted by Gasteiger charge is 2.38. The van der Waals surface area contributed by atoms with Gasteiger partial charge in [0.25, 0.3) is 5.91 Å². The lowest BCUT2D eigenvalue weighted by molar-refractivity contribution is 0.0777. The van der Waals surface area contributed by atoms with Gasteiger partial charge < -0.3 is 9.64 Å². The van der Waals surface area contributed by atoms with Crippen molar-refractivity contribution in [1.29, 1.82) is 0 Å². The number of hydrogen-bond donors (Lipinski definition) is 0. The fraction of sp³-hybridized carbons (Fsp3) is 0.632. The summed E-state index contributed by atoms with van der Waals surface area (Å²) in [6, 6.07) is 8.10. The Balaban J connectivity index is 1.44. The zero-order chi connectivity index (χ0) is 15.6. The predicted molar refractivity (Wildman–Crippen MR) is 92.9 cm³/mol. The van der Waals surface area contributed by atoms with Gasteiger partial charge in [-0.15, -0.1) is 11.8 Å². The number of rotatable bonds is 4. The Labute approximate surface area is 142 Å². The van der Waals surface area contributed by atoms with Gasteiger partial charge >= 0.3 is 0 Å². The molecule has 0 spiro atoms. The van der Waals surface area contributed by atoms with Crippen LogP contribution in [0.5, 0.6) is 0 Å². The molecule has 1 aliphatic carbocycles. The van der Waals surface area contributed by atoms with Gasteiger partial charge in [-0.25, -0.2) is 0 Å². The number of fused-ring (bicyclic) bond motifs is 1. The first kappa shape index (κ1) is 15.5. The van der Waals surface area contributed by atoms with Crippen molar-refractivity contribution >= 4 is 17.7 Å². The van der Waals surface area contributed by atoms with Gasteiger partial charge in [-0.05, 0) is 49.7 Å². The van der Waals surface area contributed by atoms with Gasteiger partial charge in [0.1, 0.15) is 0 Å². The first-order valence-corrected chi connectivity index (χ1v) is 9.92. The summed E-state index contributed by atoms with van der Waals surface area (Å²) in [6.07, 6.45) is 6.65. The van der Waals surface area contributed by atoms with Gasteiger partial charge in [-0.3, -0.25) is 4.79 Å². The van der Waals surface area contributed by atoms with Crippen LogP contribution in [0.3, 0.4) is 0 Å². The summed E-state index contributed by atoms with van der Waals surface area (Å²) >= 11 is 1.78. The van der Waals surface area contributed by atoms with Crippen LogP contribution in [-0.4, -0.2) is 42.4 Å². The molecule has 0 unspecified atom stereocenters. The standard InChI is InChI=1S/C19H25NO2S/c21-19(20-11-14-5-3-6-15(14)12-20)17-8-1-2-9-18(17)23-13-16-7-4-10-22-16/h1-2,8-9,14-16H,3-7,10-13H2/t14-,15+,16-/m1/s1. The molecule has 4 rings (SSSR count). The van der Waals surface area contributed by atoms with E-state index in [1.807, 2.05) is 18.2 Å². The average Bonchev–Trinajstić information content (AvgIpc) is 3.29. The first-order chi connectivity index (χ1) is 11.3. The zero-order valence-electron chi connectivity index (χ0n) is 13.6. The van der Waals surface area contributed by atoms with Gasteiger partial charge in [0.05, 0.1) is 11.7 Å². The van der Waals surface area contributed by atoms with Crippen molar-refractivity contribution in [2.24, 2.45) is 11.8 Å². The van der Waals surface area contributed by atoms with E-state index in [0.29, 0.717) is 6.10 Å². The maximum absolute atomic E-state index is 13.0. The van der Waals surface area contributed by atoms with Crippen molar-refractivity contribution in [2.45, 2.75) is 43.1 Å². The molecule has 2 heterocycles. The molecule has 0 bridgehead atoms. The zero-order valence-corrected chi connectivity index (χ0v) is 14.4. The first-order valence-electron chi connectivity index (χ1n) is 8.94. The number of nitrogens with zero attached hydrogens (tertiary/aromatic N) is 1. The molecule has 0 aromatic heterocycles. The second kappa shape index (κ2) is 6.86. The lowest BCUT2D eigenvalue weighted by atomic mass is 10.0. The molecule has 124 valence electrons. The SMILES string of the molecule is O=C(c1ccccc1SC[C@H]1CCCO1)N1C[C@H]2CCC[C@H]2C1. The molecule has 0 radical (unpaired) electrons. The Morgan fingerprint density at radius 1 is 1.13 bits per heavy atom. The second-order valence-electron chi connectivity index (χ2n) is 7.10. The summed E-state index contributed by atoms with van der Waals surface area (Å²) in [4.78, 5) is 16.2. The van der Waals surface area contributed by atoms with Crippen LogP contribution in [0.2, 0.25) is 0 Å². The van der Waals surface area contributed by atoms with Crippen LogP contribution < -0.4 is 0 Å².